The van der Waals surface area contributed by atoms with Crippen molar-refractivity contribution in [2.45, 2.75) is 31.7 Å². The Morgan fingerprint density at radius 3 is 2.63 bits per heavy atom. The first-order valence-electron chi connectivity index (χ1n) is 9.56. The summed E-state index contributed by atoms with van der Waals surface area (Å²) in [5, 5.41) is 14.4. The molecule has 140 valence electrons. The summed E-state index contributed by atoms with van der Waals surface area (Å²) in [5.41, 5.74) is 2.38. The third-order valence-corrected chi connectivity index (χ3v) is 5.18. The predicted molar refractivity (Wildman–Crippen MR) is 102 cm³/mol. The van der Waals surface area contributed by atoms with Crippen LogP contribution in [0.1, 0.15) is 47.6 Å². The van der Waals surface area contributed by atoms with Crippen LogP contribution >= 0.6 is 0 Å². The van der Waals surface area contributed by atoms with Crippen LogP contribution in [0.5, 0.6) is 0 Å². The number of nitrogens with one attached hydrogen (secondary N) is 1. The molecule has 4 rings (SSSR count). The number of aromatic nitrogens is 4. The lowest BCUT2D eigenvalue weighted by molar-refractivity contribution is 0.0933. The first-order chi connectivity index (χ1) is 13.3. The van der Waals surface area contributed by atoms with Crippen LogP contribution in [0, 0.1) is 0 Å². The Bertz CT molecular complexity index is 886. The standard InChI is InChI=1S/C20H24N6O/c27-20(17-10-13-26-19(14-17)22-23-24-26)21-15-18(16-8-4-3-5-9-16)25-11-6-1-2-7-12-25/h3-5,8-10,13-14,18H,1-2,6-7,11-12,15H2,(H,21,27)/t18-/m1/s1. The van der Waals surface area contributed by atoms with Gasteiger partial charge in [-0.1, -0.05) is 43.2 Å². The molecule has 0 saturated carbocycles. The average Bonchev–Trinajstić information content (AvgIpc) is 3.02. The molecule has 0 aliphatic carbocycles. The molecule has 1 N–H and O–H groups in total. The van der Waals surface area contributed by atoms with E-state index in [1.54, 1.807) is 22.8 Å². The number of carbonyl (C=O) groups excluding carboxylic acids is 1. The highest BCUT2D eigenvalue weighted by atomic mass is 16.1. The van der Waals surface area contributed by atoms with Gasteiger partial charge in [0.25, 0.3) is 5.91 Å². The first-order valence-corrected chi connectivity index (χ1v) is 9.56. The van der Waals surface area contributed by atoms with E-state index in [0.717, 1.165) is 13.1 Å². The summed E-state index contributed by atoms with van der Waals surface area (Å²) < 4.78 is 1.54. The summed E-state index contributed by atoms with van der Waals surface area (Å²) in [6.45, 7) is 2.73. The van der Waals surface area contributed by atoms with Crippen molar-refractivity contribution in [2.75, 3.05) is 19.6 Å². The van der Waals surface area contributed by atoms with Crippen LogP contribution in [0.3, 0.4) is 0 Å². The van der Waals surface area contributed by atoms with Crippen molar-refractivity contribution in [1.29, 1.82) is 0 Å². The molecule has 0 radical (unpaired) electrons. The molecule has 0 unspecified atom stereocenters. The maximum Gasteiger partial charge on any atom is 0.251 e. The van der Waals surface area contributed by atoms with Gasteiger partial charge in [-0.25, -0.2) is 4.52 Å². The maximum absolute atomic E-state index is 12.7. The molecule has 1 fully saturated rings. The third-order valence-electron chi connectivity index (χ3n) is 5.18. The summed E-state index contributed by atoms with van der Waals surface area (Å²) in [4.78, 5) is 15.2. The topological polar surface area (TPSA) is 75.4 Å². The molecule has 1 atom stereocenters. The molecule has 1 saturated heterocycles. The molecule has 3 heterocycles. The van der Waals surface area contributed by atoms with Crippen LogP contribution in [0.25, 0.3) is 5.65 Å². The number of fused-ring (bicyclic) bond motifs is 1. The molecule has 2 aromatic heterocycles. The summed E-state index contributed by atoms with van der Waals surface area (Å²) in [7, 11) is 0. The second-order valence-electron chi connectivity index (χ2n) is 6.98. The number of amides is 1. The lowest BCUT2D eigenvalue weighted by atomic mass is 10.0. The maximum atomic E-state index is 12.7. The van der Waals surface area contributed by atoms with Crippen molar-refractivity contribution in [2.24, 2.45) is 0 Å². The van der Waals surface area contributed by atoms with Crippen LogP contribution < -0.4 is 5.32 Å². The van der Waals surface area contributed by atoms with Gasteiger partial charge in [-0.05, 0) is 54.1 Å². The lowest BCUT2D eigenvalue weighted by Crippen LogP contribution is -2.38. The fourth-order valence-electron chi connectivity index (χ4n) is 3.71. The molecule has 27 heavy (non-hydrogen) atoms. The molecule has 1 aromatic carbocycles. The van der Waals surface area contributed by atoms with Crippen molar-refractivity contribution in [1.82, 2.24) is 30.3 Å². The highest BCUT2D eigenvalue weighted by Crippen LogP contribution is 2.23. The number of nitrogens with zero attached hydrogens (tertiary/aromatic N) is 5. The Morgan fingerprint density at radius 1 is 1.07 bits per heavy atom. The molecule has 3 aromatic rings. The highest BCUT2D eigenvalue weighted by Gasteiger charge is 2.22. The van der Waals surface area contributed by atoms with Gasteiger partial charge in [-0.2, -0.15) is 0 Å². The number of pyridine rings is 1. The van der Waals surface area contributed by atoms with Gasteiger partial charge in [-0.3, -0.25) is 9.69 Å². The van der Waals surface area contributed by atoms with Gasteiger partial charge in [0.05, 0.1) is 6.04 Å². The summed E-state index contributed by atoms with van der Waals surface area (Å²) >= 11 is 0. The van der Waals surface area contributed by atoms with Gasteiger partial charge >= 0.3 is 0 Å². The minimum Gasteiger partial charge on any atom is -0.350 e. The fourth-order valence-corrected chi connectivity index (χ4v) is 3.71. The van der Waals surface area contributed by atoms with Gasteiger partial charge in [0.2, 0.25) is 0 Å². The van der Waals surface area contributed by atoms with Crippen molar-refractivity contribution in [3.8, 4) is 0 Å². The van der Waals surface area contributed by atoms with Crippen LogP contribution in [-0.2, 0) is 0 Å². The fraction of sp³-hybridized carbons (Fsp3) is 0.400. The number of tetrazole rings is 1. The van der Waals surface area contributed by atoms with Gasteiger partial charge in [0.15, 0.2) is 5.65 Å². The third kappa shape index (κ3) is 4.14. The van der Waals surface area contributed by atoms with E-state index in [1.165, 1.54) is 31.2 Å². The monoisotopic (exact) mass is 364 g/mol. The van der Waals surface area contributed by atoms with Gasteiger partial charge in [0, 0.05) is 18.3 Å². The van der Waals surface area contributed by atoms with Crippen LogP contribution in [0.4, 0.5) is 0 Å². The first kappa shape index (κ1) is 17.6. The van der Waals surface area contributed by atoms with E-state index in [4.69, 9.17) is 0 Å². The SMILES string of the molecule is O=C(NC[C@H](c1ccccc1)N1CCCCCC1)c1ccn2nnnc2c1. The van der Waals surface area contributed by atoms with E-state index in [1.807, 2.05) is 6.07 Å². The summed E-state index contributed by atoms with van der Waals surface area (Å²) in [6.07, 6.45) is 6.71. The minimum atomic E-state index is -0.101. The van der Waals surface area contributed by atoms with Crippen molar-refractivity contribution in [3.63, 3.8) is 0 Å². The largest absolute Gasteiger partial charge is 0.350 e. The molecule has 0 spiro atoms. The van der Waals surface area contributed by atoms with E-state index >= 15 is 0 Å². The van der Waals surface area contributed by atoms with E-state index in [0.29, 0.717) is 17.8 Å². The average molecular weight is 364 g/mol. The number of likely N-dealkylation sites (tertiary alicyclic amines) is 1. The van der Waals surface area contributed by atoms with Crippen LogP contribution in [-0.4, -0.2) is 50.5 Å². The highest BCUT2D eigenvalue weighted by molar-refractivity contribution is 5.94. The molecule has 1 amide bonds. The van der Waals surface area contributed by atoms with E-state index < -0.39 is 0 Å². The predicted octanol–water partition coefficient (Wildman–Crippen LogP) is 2.47. The second-order valence-corrected chi connectivity index (χ2v) is 6.98. The summed E-state index contributed by atoms with van der Waals surface area (Å²) in [5.74, 6) is -0.101. The second kappa shape index (κ2) is 8.26. The van der Waals surface area contributed by atoms with E-state index in [-0.39, 0.29) is 11.9 Å². The zero-order valence-corrected chi connectivity index (χ0v) is 15.3. The van der Waals surface area contributed by atoms with Crippen molar-refractivity contribution < 1.29 is 4.79 Å². The zero-order chi connectivity index (χ0) is 18.5. The Labute approximate surface area is 158 Å². The van der Waals surface area contributed by atoms with E-state index in [9.17, 15) is 4.79 Å². The van der Waals surface area contributed by atoms with Crippen molar-refractivity contribution >= 4 is 11.6 Å². The molecular formula is C20H24N6O. The number of rotatable bonds is 5. The number of hydrogen-bond donors (Lipinski definition) is 1. The minimum absolute atomic E-state index is 0.101. The molecule has 7 nitrogen and oxygen atoms in total. The number of hydrogen-bond acceptors (Lipinski definition) is 5. The molecular weight excluding hydrogens is 340 g/mol. The summed E-state index contributed by atoms with van der Waals surface area (Å²) in [6, 6.07) is 14.1. The molecule has 7 heteroatoms. The molecule has 0 bridgehead atoms. The Hall–Kier alpha value is -2.80. The Kier molecular flexibility index (Phi) is 5.39. The Balaban J connectivity index is 1.49. The van der Waals surface area contributed by atoms with E-state index in [2.05, 4.69) is 50.0 Å². The van der Waals surface area contributed by atoms with Crippen LogP contribution in [0.2, 0.25) is 0 Å². The number of benzene rings is 1. The zero-order valence-electron chi connectivity index (χ0n) is 15.3. The normalized spacial score (nSPS) is 16.7. The van der Waals surface area contributed by atoms with Gasteiger partial charge in [-0.15, -0.1) is 5.10 Å². The smallest absolute Gasteiger partial charge is 0.251 e. The molecule has 1 aliphatic heterocycles. The van der Waals surface area contributed by atoms with Crippen molar-refractivity contribution in [3.05, 3.63) is 59.8 Å². The number of carbonyl (C=O) groups is 1. The Morgan fingerprint density at radius 2 is 1.85 bits per heavy atom. The van der Waals surface area contributed by atoms with Gasteiger partial charge in [0.1, 0.15) is 0 Å². The lowest BCUT2D eigenvalue weighted by Gasteiger charge is -2.31. The quantitative estimate of drug-likeness (QED) is 0.753. The van der Waals surface area contributed by atoms with Crippen LogP contribution in [0.15, 0.2) is 48.7 Å². The van der Waals surface area contributed by atoms with Gasteiger partial charge < -0.3 is 5.32 Å². The molecule has 1 aliphatic rings.